The van der Waals surface area contributed by atoms with Crippen molar-refractivity contribution in [1.82, 2.24) is 5.48 Å². The normalized spacial score (nSPS) is 12.0. The highest BCUT2D eigenvalue weighted by Crippen LogP contribution is 2.26. The first kappa shape index (κ1) is 14.5. The number of nitrogens with one attached hydrogen (secondary N) is 1. The summed E-state index contributed by atoms with van der Waals surface area (Å²) in [6.45, 7) is 4.18. The Kier molecular flexibility index (Phi) is 5.65. The number of hydrogen-bond donors (Lipinski definition) is 1. The third-order valence-corrected chi connectivity index (χ3v) is 3.03. The molecule has 1 unspecified atom stereocenters. The van der Waals surface area contributed by atoms with Gasteiger partial charge in [-0.3, -0.25) is 9.63 Å². The monoisotopic (exact) mass is 251 g/mol. The van der Waals surface area contributed by atoms with Crippen molar-refractivity contribution in [2.45, 2.75) is 32.6 Å². The van der Waals surface area contributed by atoms with Gasteiger partial charge in [0.1, 0.15) is 5.75 Å². The first-order valence-electron chi connectivity index (χ1n) is 6.04. The van der Waals surface area contributed by atoms with E-state index in [-0.39, 0.29) is 5.91 Å². The van der Waals surface area contributed by atoms with Crippen molar-refractivity contribution in [3.8, 4) is 5.75 Å². The van der Waals surface area contributed by atoms with Gasteiger partial charge in [0, 0.05) is 6.42 Å². The Labute approximate surface area is 108 Å². The van der Waals surface area contributed by atoms with Gasteiger partial charge in [-0.15, -0.1) is 0 Å². The molecule has 4 heteroatoms. The Hall–Kier alpha value is -1.55. The molecule has 1 aromatic rings. The SMILES string of the molecule is CONC(=O)CCC(C)c1ccc(OC)cc1C. The molecule has 1 N–H and O–H groups in total. The minimum atomic E-state index is -0.0875. The van der Waals surface area contributed by atoms with E-state index in [1.807, 2.05) is 12.1 Å². The molecule has 0 heterocycles. The van der Waals surface area contributed by atoms with Crippen LogP contribution in [0.2, 0.25) is 0 Å². The molecule has 0 aromatic heterocycles. The average Bonchev–Trinajstić information content (AvgIpc) is 2.36. The molecule has 100 valence electrons. The fraction of sp³-hybridized carbons (Fsp3) is 0.500. The van der Waals surface area contributed by atoms with Crippen LogP contribution in [-0.4, -0.2) is 20.1 Å². The highest BCUT2D eigenvalue weighted by atomic mass is 16.6. The first-order valence-corrected chi connectivity index (χ1v) is 6.04. The van der Waals surface area contributed by atoms with Gasteiger partial charge in [-0.05, 0) is 42.5 Å². The van der Waals surface area contributed by atoms with Gasteiger partial charge in [-0.25, -0.2) is 5.48 Å². The predicted molar refractivity (Wildman–Crippen MR) is 70.5 cm³/mol. The zero-order valence-electron chi connectivity index (χ0n) is 11.4. The van der Waals surface area contributed by atoms with Crippen LogP contribution in [0.5, 0.6) is 5.75 Å². The van der Waals surface area contributed by atoms with Crippen LogP contribution in [0.15, 0.2) is 18.2 Å². The maximum absolute atomic E-state index is 11.3. The van der Waals surface area contributed by atoms with Gasteiger partial charge >= 0.3 is 0 Å². The van der Waals surface area contributed by atoms with E-state index >= 15 is 0 Å². The van der Waals surface area contributed by atoms with Crippen LogP contribution >= 0.6 is 0 Å². The van der Waals surface area contributed by atoms with E-state index in [1.54, 1.807) is 7.11 Å². The zero-order valence-corrected chi connectivity index (χ0v) is 11.4. The molecule has 0 aliphatic carbocycles. The lowest BCUT2D eigenvalue weighted by Gasteiger charge is -2.15. The van der Waals surface area contributed by atoms with Crippen LogP contribution in [0.25, 0.3) is 0 Å². The molecule has 18 heavy (non-hydrogen) atoms. The second kappa shape index (κ2) is 7.01. The Morgan fingerprint density at radius 1 is 1.39 bits per heavy atom. The third-order valence-electron chi connectivity index (χ3n) is 3.03. The number of benzene rings is 1. The summed E-state index contributed by atoms with van der Waals surface area (Å²) in [5.41, 5.74) is 4.77. The largest absolute Gasteiger partial charge is 0.497 e. The van der Waals surface area contributed by atoms with Gasteiger partial charge in [0.2, 0.25) is 5.91 Å². The molecule has 0 aliphatic heterocycles. The molecule has 1 atom stereocenters. The van der Waals surface area contributed by atoms with E-state index in [9.17, 15) is 4.79 Å². The number of hydrogen-bond acceptors (Lipinski definition) is 3. The van der Waals surface area contributed by atoms with Crippen molar-refractivity contribution in [2.75, 3.05) is 14.2 Å². The standard InChI is InChI=1S/C14H21NO3/c1-10(5-8-14(16)15-18-4)13-7-6-12(17-3)9-11(13)2/h6-7,9-10H,5,8H2,1-4H3,(H,15,16). The van der Waals surface area contributed by atoms with E-state index in [0.29, 0.717) is 12.3 Å². The van der Waals surface area contributed by atoms with Crippen molar-refractivity contribution in [1.29, 1.82) is 0 Å². The van der Waals surface area contributed by atoms with Gasteiger partial charge in [0.25, 0.3) is 0 Å². The van der Waals surface area contributed by atoms with E-state index in [2.05, 4.69) is 30.2 Å². The number of hydroxylamine groups is 1. The summed E-state index contributed by atoms with van der Waals surface area (Å²) in [6.07, 6.45) is 1.25. The van der Waals surface area contributed by atoms with Crippen molar-refractivity contribution in [3.63, 3.8) is 0 Å². The molecule has 0 radical (unpaired) electrons. The minimum absolute atomic E-state index is 0.0875. The Morgan fingerprint density at radius 2 is 2.11 bits per heavy atom. The van der Waals surface area contributed by atoms with Gasteiger partial charge in [-0.1, -0.05) is 13.0 Å². The molecule has 1 rings (SSSR count). The summed E-state index contributed by atoms with van der Waals surface area (Å²) in [7, 11) is 3.10. The van der Waals surface area contributed by atoms with Crippen LogP contribution < -0.4 is 10.2 Å². The summed E-state index contributed by atoms with van der Waals surface area (Å²) < 4.78 is 5.18. The maximum Gasteiger partial charge on any atom is 0.243 e. The first-order chi connectivity index (χ1) is 8.58. The lowest BCUT2D eigenvalue weighted by atomic mass is 9.92. The molecule has 0 saturated heterocycles. The number of aryl methyl sites for hydroxylation is 1. The minimum Gasteiger partial charge on any atom is -0.497 e. The summed E-state index contributed by atoms with van der Waals surface area (Å²) in [4.78, 5) is 15.9. The van der Waals surface area contributed by atoms with Crippen molar-refractivity contribution < 1.29 is 14.4 Å². The van der Waals surface area contributed by atoms with E-state index < -0.39 is 0 Å². The van der Waals surface area contributed by atoms with Crippen molar-refractivity contribution in [2.24, 2.45) is 0 Å². The number of methoxy groups -OCH3 is 1. The van der Waals surface area contributed by atoms with Crippen LogP contribution in [0.3, 0.4) is 0 Å². The fourth-order valence-corrected chi connectivity index (χ4v) is 2.00. The molecule has 1 aromatic carbocycles. The highest BCUT2D eigenvalue weighted by molar-refractivity contribution is 5.74. The smallest absolute Gasteiger partial charge is 0.243 e. The molecular weight excluding hydrogens is 230 g/mol. The third kappa shape index (κ3) is 4.04. The van der Waals surface area contributed by atoms with Gasteiger partial charge in [-0.2, -0.15) is 0 Å². The molecule has 0 bridgehead atoms. The summed E-state index contributed by atoms with van der Waals surface area (Å²) in [5.74, 6) is 1.11. The number of carbonyl (C=O) groups excluding carboxylic acids is 1. The lowest BCUT2D eigenvalue weighted by Crippen LogP contribution is -2.21. The molecule has 4 nitrogen and oxygen atoms in total. The van der Waals surface area contributed by atoms with Crippen LogP contribution in [0.1, 0.15) is 36.8 Å². The summed E-state index contributed by atoms with van der Waals surface area (Å²) in [6, 6.07) is 6.03. The quantitative estimate of drug-likeness (QED) is 0.790. The highest BCUT2D eigenvalue weighted by Gasteiger charge is 2.11. The Morgan fingerprint density at radius 3 is 2.67 bits per heavy atom. The maximum atomic E-state index is 11.3. The van der Waals surface area contributed by atoms with Crippen molar-refractivity contribution >= 4 is 5.91 Å². The van der Waals surface area contributed by atoms with E-state index in [1.165, 1.54) is 18.2 Å². The topological polar surface area (TPSA) is 47.6 Å². The van der Waals surface area contributed by atoms with Gasteiger partial charge in [0.05, 0.1) is 14.2 Å². The van der Waals surface area contributed by atoms with Gasteiger partial charge in [0.15, 0.2) is 0 Å². The van der Waals surface area contributed by atoms with Crippen LogP contribution in [0.4, 0.5) is 0 Å². The summed E-state index contributed by atoms with van der Waals surface area (Å²) in [5, 5.41) is 0. The Balaban J connectivity index is 2.61. The van der Waals surface area contributed by atoms with E-state index in [4.69, 9.17) is 4.74 Å². The second-order valence-electron chi connectivity index (χ2n) is 4.39. The molecule has 0 spiro atoms. The number of amides is 1. The lowest BCUT2D eigenvalue weighted by molar-refractivity contribution is -0.131. The van der Waals surface area contributed by atoms with Gasteiger partial charge < -0.3 is 4.74 Å². The predicted octanol–water partition coefficient (Wildman–Crippen LogP) is 2.56. The molecule has 0 saturated carbocycles. The van der Waals surface area contributed by atoms with Crippen LogP contribution in [0, 0.1) is 6.92 Å². The summed E-state index contributed by atoms with van der Waals surface area (Å²) >= 11 is 0. The number of ether oxygens (including phenoxy) is 1. The Bertz CT molecular complexity index is 404. The molecular formula is C14H21NO3. The zero-order chi connectivity index (χ0) is 13.5. The molecule has 0 fully saturated rings. The molecule has 1 amide bonds. The van der Waals surface area contributed by atoms with Crippen LogP contribution in [-0.2, 0) is 9.63 Å². The number of carbonyl (C=O) groups is 1. The van der Waals surface area contributed by atoms with Crippen molar-refractivity contribution in [3.05, 3.63) is 29.3 Å². The second-order valence-corrected chi connectivity index (χ2v) is 4.39. The fourth-order valence-electron chi connectivity index (χ4n) is 2.00. The number of rotatable bonds is 6. The van der Waals surface area contributed by atoms with E-state index in [0.717, 1.165) is 12.2 Å². The molecule has 0 aliphatic rings. The average molecular weight is 251 g/mol.